The SMILES string of the molecule is COC(=O)c1cccc(N2CCNC(CN)C2)c1. The van der Waals surface area contributed by atoms with E-state index in [2.05, 4.69) is 10.2 Å². The quantitative estimate of drug-likeness (QED) is 0.750. The van der Waals surface area contributed by atoms with E-state index in [4.69, 9.17) is 10.5 Å². The molecular formula is C13H19N3O2. The number of nitrogens with zero attached hydrogens (tertiary/aromatic N) is 1. The van der Waals surface area contributed by atoms with Crippen LogP contribution in [0.4, 0.5) is 5.69 Å². The second kappa shape index (κ2) is 5.84. The zero-order valence-electron chi connectivity index (χ0n) is 10.6. The number of esters is 1. The Morgan fingerprint density at radius 3 is 3.17 bits per heavy atom. The number of hydrogen-bond donors (Lipinski definition) is 2. The fourth-order valence-electron chi connectivity index (χ4n) is 2.17. The van der Waals surface area contributed by atoms with Crippen molar-refractivity contribution in [1.29, 1.82) is 0 Å². The normalized spacial score (nSPS) is 19.7. The molecule has 1 aromatic carbocycles. The van der Waals surface area contributed by atoms with Gasteiger partial charge in [0.2, 0.25) is 0 Å². The standard InChI is InChI=1S/C13H19N3O2/c1-18-13(17)10-3-2-4-12(7-10)16-6-5-15-11(8-14)9-16/h2-4,7,11,15H,5-6,8-9,14H2,1H3. The van der Waals surface area contributed by atoms with E-state index in [0.717, 1.165) is 25.3 Å². The lowest BCUT2D eigenvalue weighted by atomic mass is 10.1. The van der Waals surface area contributed by atoms with E-state index in [9.17, 15) is 4.79 Å². The maximum atomic E-state index is 11.5. The third-order valence-corrected chi connectivity index (χ3v) is 3.17. The number of nitrogens with two attached hydrogens (primary N) is 1. The summed E-state index contributed by atoms with van der Waals surface area (Å²) in [5, 5.41) is 3.36. The smallest absolute Gasteiger partial charge is 0.337 e. The lowest BCUT2D eigenvalue weighted by Gasteiger charge is -2.34. The van der Waals surface area contributed by atoms with Crippen LogP contribution >= 0.6 is 0 Å². The zero-order chi connectivity index (χ0) is 13.0. The van der Waals surface area contributed by atoms with E-state index in [0.29, 0.717) is 18.2 Å². The first kappa shape index (κ1) is 12.9. The number of carbonyl (C=O) groups is 1. The predicted molar refractivity (Wildman–Crippen MR) is 70.8 cm³/mol. The molecule has 1 saturated heterocycles. The number of carbonyl (C=O) groups excluding carboxylic acids is 1. The third kappa shape index (κ3) is 2.80. The van der Waals surface area contributed by atoms with Crippen LogP contribution in [0.3, 0.4) is 0 Å². The highest BCUT2D eigenvalue weighted by Crippen LogP contribution is 2.18. The lowest BCUT2D eigenvalue weighted by molar-refractivity contribution is 0.0601. The molecule has 0 bridgehead atoms. The van der Waals surface area contributed by atoms with Gasteiger partial charge in [-0.2, -0.15) is 0 Å². The number of benzene rings is 1. The van der Waals surface area contributed by atoms with Gasteiger partial charge in [0.25, 0.3) is 0 Å². The second-order valence-electron chi connectivity index (χ2n) is 4.37. The van der Waals surface area contributed by atoms with Gasteiger partial charge in [0.1, 0.15) is 0 Å². The number of piperazine rings is 1. The maximum Gasteiger partial charge on any atom is 0.337 e. The molecule has 1 fully saturated rings. The van der Waals surface area contributed by atoms with E-state index in [1.807, 2.05) is 18.2 Å². The van der Waals surface area contributed by atoms with Crippen LogP contribution in [0.2, 0.25) is 0 Å². The van der Waals surface area contributed by atoms with Gasteiger partial charge in [-0.25, -0.2) is 4.79 Å². The molecule has 1 heterocycles. The first-order valence-corrected chi connectivity index (χ1v) is 6.11. The molecule has 1 aliphatic rings. The van der Waals surface area contributed by atoms with Gasteiger partial charge in [0.15, 0.2) is 0 Å². The first-order valence-electron chi connectivity index (χ1n) is 6.11. The van der Waals surface area contributed by atoms with Crippen molar-refractivity contribution >= 4 is 11.7 Å². The van der Waals surface area contributed by atoms with E-state index < -0.39 is 0 Å². The van der Waals surface area contributed by atoms with Crippen molar-refractivity contribution in [3.05, 3.63) is 29.8 Å². The number of rotatable bonds is 3. The van der Waals surface area contributed by atoms with Crippen LogP contribution < -0.4 is 16.0 Å². The minimum Gasteiger partial charge on any atom is -0.465 e. The van der Waals surface area contributed by atoms with Crippen LogP contribution in [-0.2, 0) is 4.74 Å². The topological polar surface area (TPSA) is 67.6 Å². The molecule has 0 amide bonds. The lowest BCUT2D eigenvalue weighted by Crippen LogP contribution is -2.53. The molecular weight excluding hydrogens is 230 g/mol. The molecule has 2 rings (SSSR count). The molecule has 0 aromatic heterocycles. The van der Waals surface area contributed by atoms with Crippen LogP contribution in [0, 0.1) is 0 Å². The van der Waals surface area contributed by atoms with Gasteiger partial charge in [-0.3, -0.25) is 0 Å². The molecule has 1 unspecified atom stereocenters. The molecule has 5 heteroatoms. The van der Waals surface area contributed by atoms with Crippen molar-refractivity contribution in [2.75, 3.05) is 38.2 Å². The third-order valence-electron chi connectivity index (χ3n) is 3.17. The van der Waals surface area contributed by atoms with Gasteiger partial charge >= 0.3 is 5.97 Å². The summed E-state index contributed by atoms with van der Waals surface area (Å²) < 4.78 is 4.73. The Morgan fingerprint density at radius 2 is 2.44 bits per heavy atom. The summed E-state index contributed by atoms with van der Waals surface area (Å²) in [6.45, 7) is 3.31. The van der Waals surface area contributed by atoms with Crippen LogP contribution in [0.1, 0.15) is 10.4 Å². The average Bonchev–Trinajstić information content (AvgIpc) is 2.46. The molecule has 0 aliphatic carbocycles. The highest BCUT2D eigenvalue weighted by atomic mass is 16.5. The molecule has 3 N–H and O–H groups in total. The highest BCUT2D eigenvalue weighted by Gasteiger charge is 2.19. The van der Waals surface area contributed by atoms with Crippen LogP contribution in [0.15, 0.2) is 24.3 Å². The van der Waals surface area contributed by atoms with Crippen molar-refractivity contribution in [2.45, 2.75) is 6.04 Å². The number of nitrogens with one attached hydrogen (secondary N) is 1. The summed E-state index contributed by atoms with van der Waals surface area (Å²) in [5.74, 6) is -0.303. The van der Waals surface area contributed by atoms with Gasteiger partial charge in [-0.1, -0.05) is 6.07 Å². The van der Waals surface area contributed by atoms with Crippen molar-refractivity contribution in [1.82, 2.24) is 5.32 Å². The van der Waals surface area contributed by atoms with Gasteiger partial charge in [-0.05, 0) is 18.2 Å². The number of anilines is 1. The highest BCUT2D eigenvalue weighted by molar-refractivity contribution is 5.90. The molecule has 5 nitrogen and oxygen atoms in total. The van der Waals surface area contributed by atoms with Crippen molar-refractivity contribution in [3.63, 3.8) is 0 Å². The number of hydrogen-bond acceptors (Lipinski definition) is 5. The van der Waals surface area contributed by atoms with Gasteiger partial charge in [-0.15, -0.1) is 0 Å². The Kier molecular flexibility index (Phi) is 4.17. The minimum atomic E-state index is -0.303. The fraction of sp³-hybridized carbons (Fsp3) is 0.462. The molecule has 0 spiro atoms. The molecule has 1 aliphatic heterocycles. The number of methoxy groups -OCH3 is 1. The predicted octanol–water partition coefficient (Wildman–Crippen LogP) is 0.210. The van der Waals surface area contributed by atoms with Gasteiger partial charge < -0.3 is 20.7 Å². The molecule has 0 radical (unpaired) electrons. The van der Waals surface area contributed by atoms with Crippen LogP contribution in [0.25, 0.3) is 0 Å². The van der Waals surface area contributed by atoms with E-state index >= 15 is 0 Å². The Balaban J connectivity index is 2.15. The Bertz CT molecular complexity index is 422. The zero-order valence-corrected chi connectivity index (χ0v) is 10.6. The van der Waals surface area contributed by atoms with Crippen molar-refractivity contribution in [2.24, 2.45) is 5.73 Å². The van der Waals surface area contributed by atoms with E-state index in [1.165, 1.54) is 7.11 Å². The van der Waals surface area contributed by atoms with Crippen molar-refractivity contribution in [3.8, 4) is 0 Å². The van der Waals surface area contributed by atoms with Crippen LogP contribution in [0.5, 0.6) is 0 Å². The summed E-state index contributed by atoms with van der Waals surface area (Å²) in [5.41, 5.74) is 7.30. The molecule has 98 valence electrons. The molecule has 18 heavy (non-hydrogen) atoms. The monoisotopic (exact) mass is 249 g/mol. The summed E-state index contributed by atoms with van der Waals surface area (Å²) in [6, 6.07) is 7.82. The Morgan fingerprint density at radius 1 is 1.61 bits per heavy atom. The van der Waals surface area contributed by atoms with Crippen molar-refractivity contribution < 1.29 is 9.53 Å². The summed E-state index contributed by atoms with van der Waals surface area (Å²) in [4.78, 5) is 13.7. The first-order chi connectivity index (χ1) is 8.74. The summed E-state index contributed by atoms with van der Waals surface area (Å²) in [6.07, 6.45) is 0. The fourth-order valence-corrected chi connectivity index (χ4v) is 2.17. The van der Waals surface area contributed by atoms with Gasteiger partial charge in [0, 0.05) is 37.9 Å². The Labute approximate surface area is 107 Å². The Hall–Kier alpha value is -1.59. The van der Waals surface area contributed by atoms with Crippen LogP contribution in [-0.4, -0.2) is 45.3 Å². The van der Waals surface area contributed by atoms with Gasteiger partial charge in [0.05, 0.1) is 12.7 Å². The summed E-state index contributed by atoms with van der Waals surface area (Å²) >= 11 is 0. The molecule has 0 saturated carbocycles. The molecule has 1 aromatic rings. The summed E-state index contributed by atoms with van der Waals surface area (Å²) in [7, 11) is 1.39. The number of ether oxygens (including phenoxy) is 1. The van der Waals surface area contributed by atoms with E-state index in [1.54, 1.807) is 6.07 Å². The largest absolute Gasteiger partial charge is 0.465 e. The molecule has 1 atom stereocenters. The average molecular weight is 249 g/mol. The second-order valence-corrected chi connectivity index (χ2v) is 4.37. The van der Waals surface area contributed by atoms with E-state index in [-0.39, 0.29) is 5.97 Å². The minimum absolute atomic E-state index is 0.303. The maximum absolute atomic E-state index is 11.5.